The molecule has 0 bridgehead atoms. The fraction of sp³-hybridized carbons (Fsp3) is 0.154. The smallest absolute Gasteiger partial charge is 0.166 e. The van der Waals surface area contributed by atoms with Crippen molar-refractivity contribution in [2.24, 2.45) is 0 Å². The van der Waals surface area contributed by atoms with Crippen LogP contribution < -0.4 is 0 Å². The summed E-state index contributed by atoms with van der Waals surface area (Å²) >= 11 is 3.46. The molecule has 7 heteroatoms. The van der Waals surface area contributed by atoms with E-state index in [1.807, 2.05) is 16.1 Å². The van der Waals surface area contributed by atoms with Gasteiger partial charge in [-0.25, -0.2) is 9.37 Å². The van der Waals surface area contributed by atoms with Gasteiger partial charge in [0.15, 0.2) is 5.82 Å². The van der Waals surface area contributed by atoms with Crippen LogP contribution in [0.15, 0.2) is 29.1 Å². The zero-order valence-electron chi connectivity index (χ0n) is 10.5. The van der Waals surface area contributed by atoms with E-state index in [2.05, 4.69) is 31.1 Å². The first-order valence-corrected chi connectivity index (χ1v) is 6.86. The molecule has 3 heterocycles. The van der Waals surface area contributed by atoms with Crippen LogP contribution in [0.2, 0.25) is 0 Å². The van der Waals surface area contributed by atoms with Gasteiger partial charge in [-0.3, -0.25) is 4.57 Å². The molecule has 1 aliphatic rings. The highest BCUT2D eigenvalue weighted by atomic mass is 79.9. The molecule has 1 aromatic carbocycles. The molecule has 100 valence electrons. The molecule has 0 fully saturated rings. The highest BCUT2D eigenvalue weighted by Crippen LogP contribution is 2.33. The van der Waals surface area contributed by atoms with E-state index >= 15 is 0 Å². The van der Waals surface area contributed by atoms with Crippen LogP contribution in [0.1, 0.15) is 11.5 Å². The van der Waals surface area contributed by atoms with E-state index in [4.69, 9.17) is 0 Å². The fourth-order valence-electron chi connectivity index (χ4n) is 2.52. The van der Waals surface area contributed by atoms with Crippen molar-refractivity contribution in [1.29, 1.82) is 0 Å². The Hall–Kier alpha value is -2.02. The monoisotopic (exact) mass is 333 g/mol. The molecule has 0 atom stereocenters. The van der Waals surface area contributed by atoms with E-state index in [1.54, 1.807) is 12.4 Å². The molecule has 5 nitrogen and oxygen atoms in total. The maximum absolute atomic E-state index is 13.6. The lowest BCUT2D eigenvalue weighted by atomic mass is 10.1. The predicted octanol–water partition coefficient (Wildman–Crippen LogP) is 2.70. The van der Waals surface area contributed by atoms with Gasteiger partial charge < -0.3 is 4.57 Å². The van der Waals surface area contributed by atoms with Crippen molar-refractivity contribution < 1.29 is 4.39 Å². The van der Waals surface area contributed by atoms with Crippen molar-refractivity contribution in [3.63, 3.8) is 0 Å². The molecule has 20 heavy (non-hydrogen) atoms. The number of aryl methyl sites for hydroxylation is 1. The van der Waals surface area contributed by atoms with Crippen molar-refractivity contribution in [3.05, 3.63) is 46.5 Å². The average Bonchev–Trinajstić information content (AvgIpc) is 2.92. The molecule has 0 radical (unpaired) electrons. The lowest BCUT2D eigenvalue weighted by molar-refractivity contribution is 0.627. The second-order valence-corrected chi connectivity index (χ2v) is 5.42. The SMILES string of the molecule is Cc1nnc2n1Cc1c(Br)ncn1-c1ccc(F)cc1-2. The topological polar surface area (TPSA) is 48.5 Å². The molecule has 0 N–H and O–H groups in total. The van der Waals surface area contributed by atoms with E-state index in [0.717, 1.165) is 21.8 Å². The lowest BCUT2D eigenvalue weighted by Crippen LogP contribution is -2.05. The Bertz CT molecular complexity index is 835. The first-order chi connectivity index (χ1) is 9.65. The number of aromatic nitrogens is 5. The second-order valence-electron chi connectivity index (χ2n) is 4.67. The maximum atomic E-state index is 13.6. The molecule has 0 saturated carbocycles. The van der Waals surface area contributed by atoms with Gasteiger partial charge in [-0.05, 0) is 41.1 Å². The third-order valence-corrected chi connectivity index (χ3v) is 4.18. The second kappa shape index (κ2) is 3.99. The van der Waals surface area contributed by atoms with Gasteiger partial charge in [0.25, 0.3) is 0 Å². The minimum absolute atomic E-state index is 0.293. The van der Waals surface area contributed by atoms with Gasteiger partial charge in [0.1, 0.15) is 22.6 Å². The molecule has 0 aliphatic carbocycles. The average molecular weight is 334 g/mol. The number of nitrogens with zero attached hydrogens (tertiary/aromatic N) is 5. The number of fused-ring (bicyclic) bond motifs is 5. The summed E-state index contributed by atoms with van der Waals surface area (Å²) in [6, 6.07) is 4.66. The quantitative estimate of drug-likeness (QED) is 0.497. The van der Waals surface area contributed by atoms with Crippen LogP contribution >= 0.6 is 15.9 Å². The number of imidazole rings is 1. The number of halogens is 2. The third kappa shape index (κ3) is 1.49. The van der Waals surface area contributed by atoms with Gasteiger partial charge in [0, 0.05) is 5.56 Å². The minimum Gasteiger partial charge on any atom is -0.305 e. The highest BCUT2D eigenvalue weighted by Gasteiger charge is 2.24. The zero-order chi connectivity index (χ0) is 13.9. The number of hydrogen-bond donors (Lipinski definition) is 0. The molecular formula is C13H9BrFN5. The molecular weight excluding hydrogens is 325 g/mol. The summed E-state index contributed by atoms with van der Waals surface area (Å²) in [6.07, 6.45) is 1.73. The van der Waals surface area contributed by atoms with Crippen LogP contribution in [0.5, 0.6) is 0 Å². The molecule has 0 unspecified atom stereocenters. The first kappa shape index (κ1) is 11.8. The Kier molecular flexibility index (Phi) is 2.35. The van der Waals surface area contributed by atoms with E-state index in [9.17, 15) is 4.39 Å². The summed E-state index contributed by atoms with van der Waals surface area (Å²) < 4.78 is 18.3. The molecule has 2 aromatic heterocycles. The summed E-state index contributed by atoms with van der Waals surface area (Å²) in [5, 5.41) is 8.29. The van der Waals surface area contributed by atoms with Gasteiger partial charge in [0.05, 0.1) is 17.9 Å². The Labute approximate surface area is 122 Å². The lowest BCUT2D eigenvalue weighted by Gasteiger charge is -2.07. The summed E-state index contributed by atoms with van der Waals surface area (Å²) in [7, 11) is 0. The van der Waals surface area contributed by atoms with Gasteiger partial charge in [-0.15, -0.1) is 10.2 Å². The molecule has 0 amide bonds. The highest BCUT2D eigenvalue weighted by molar-refractivity contribution is 9.10. The summed E-state index contributed by atoms with van der Waals surface area (Å²) in [4.78, 5) is 4.28. The van der Waals surface area contributed by atoms with Crippen LogP contribution in [0.25, 0.3) is 17.1 Å². The van der Waals surface area contributed by atoms with Gasteiger partial charge in [0.2, 0.25) is 0 Å². The van der Waals surface area contributed by atoms with Crippen molar-refractivity contribution in [2.75, 3.05) is 0 Å². The minimum atomic E-state index is -0.293. The van der Waals surface area contributed by atoms with Crippen LogP contribution in [0.3, 0.4) is 0 Å². The molecule has 0 saturated heterocycles. The van der Waals surface area contributed by atoms with Crippen LogP contribution in [-0.4, -0.2) is 24.3 Å². The largest absolute Gasteiger partial charge is 0.305 e. The number of benzene rings is 1. The Morgan fingerprint density at radius 3 is 3.00 bits per heavy atom. The standard InChI is InChI=1S/C13H9BrFN5/c1-7-17-18-13-9-4-8(15)2-3-10(9)20-6-16-12(14)11(20)5-19(7)13/h2-4,6H,5H2,1H3. The van der Waals surface area contributed by atoms with E-state index in [-0.39, 0.29) is 5.82 Å². The van der Waals surface area contributed by atoms with E-state index in [0.29, 0.717) is 17.9 Å². The first-order valence-electron chi connectivity index (χ1n) is 6.07. The van der Waals surface area contributed by atoms with Gasteiger partial charge >= 0.3 is 0 Å². The summed E-state index contributed by atoms with van der Waals surface area (Å²) in [5.74, 6) is 1.17. The Balaban J connectivity index is 2.14. The normalized spacial score (nSPS) is 12.6. The van der Waals surface area contributed by atoms with Crippen LogP contribution in [0, 0.1) is 12.7 Å². The fourth-order valence-corrected chi connectivity index (χ4v) is 2.93. The van der Waals surface area contributed by atoms with Crippen molar-refractivity contribution >= 4 is 15.9 Å². The van der Waals surface area contributed by atoms with Crippen molar-refractivity contribution in [1.82, 2.24) is 24.3 Å². The zero-order valence-corrected chi connectivity index (χ0v) is 12.1. The number of rotatable bonds is 0. The third-order valence-electron chi connectivity index (χ3n) is 3.52. The Morgan fingerprint density at radius 1 is 1.30 bits per heavy atom. The predicted molar refractivity (Wildman–Crippen MR) is 74.1 cm³/mol. The summed E-state index contributed by atoms with van der Waals surface area (Å²) in [5.41, 5.74) is 2.56. The van der Waals surface area contributed by atoms with Gasteiger partial charge in [-0.2, -0.15) is 0 Å². The van der Waals surface area contributed by atoms with Gasteiger partial charge in [-0.1, -0.05) is 0 Å². The molecule has 0 spiro atoms. The molecule has 3 aromatic rings. The van der Waals surface area contributed by atoms with E-state index in [1.165, 1.54) is 12.1 Å². The van der Waals surface area contributed by atoms with Crippen LogP contribution in [0.4, 0.5) is 4.39 Å². The van der Waals surface area contributed by atoms with E-state index < -0.39 is 0 Å². The van der Waals surface area contributed by atoms with Crippen LogP contribution in [-0.2, 0) is 6.54 Å². The Morgan fingerprint density at radius 2 is 2.15 bits per heavy atom. The summed E-state index contributed by atoms with van der Waals surface area (Å²) in [6.45, 7) is 2.47. The molecule has 4 rings (SSSR count). The van der Waals surface area contributed by atoms with Crippen molar-refractivity contribution in [3.8, 4) is 17.1 Å². The maximum Gasteiger partial charge on any atom is 0.166 e. The number of hydrogen-bond acceptors (Lipinski definition) is 3. The molecule has 1 aliphatic heterocycles. The van der Waals surface area contributed by atoms with Crippen molar-refractivity contribution in [2.45, 2.75) is 13.5 Å².